The van der Waals surface area contributed by atoms with Gasteiger partial charge in [-0.2, -0.15) is 0 Å². The molecule has 0 saturated heterocycles. The fourth-order valence-corrected chi connectivity index (χ4v) is 9.55. The Morgan fingerprint density at radius 1 is 0.382 bits per heavy atom. The SMILES string of the molecule is c1ccc(-c2ccccc2N(c2ccc(-c3ccc(-n4c5ccccc5c5ccc6ccccc6c54)cc3)cc2)c2ccc3c(c2)sc2ccccc23)cc1. The fourth-order valence-electron chi connectivity index (χ4n) is 8.42. The van der Waals surface area contributed by atoms with E-state index in [1.807, 2.05) is 11.3 Å². The van der Waals surface area contributed by atoms with Crippen molar-refractivity contribution >= 4 is 81.1 Å². The first-order valence-corrected chi connectivity index (χ1v) is 19.6. The van der Waals surface area contributed by atoms with Crippen LogP contribution in [-0.4, -0.2) is 4.57 Å². The van der Waals surface area contributed by atoms with Crippen LogP contribution >= 0.6 is 11.3 Å². The van der Waals surface area contributed by atoms with Crippen LogP contribution in [-0.2, 0) is 0 Å². The lowest BCUT2D eigenvalue weighted by Crippen LogP contribution is -2.11. The van der Waals surface area contributed by atoms with Crippen molar-refractivity contribution in [3.8, 4) is 27.9 Å². The average molecular weight is 719 g/mol. The number of rotatable bonds is 6. The van der Waals surface area contributed by atoms with E-state index in [4.69, 9.17) is 0 Å². The van der Waals surface area contributed by atoms with Gasteiger partial charge in [-0.25, -0.2) is 0 Å². The maximum absolute atomic E-state index is 2.43. The number of anilines is 3. The van der Waals surface area contributed by atoms with Crippen molar-refractivity contribution in [1.29, 1.82) is 0 Å². The molecule has 2 heterocycles. The summed E-state index contributed by atoms with van der Waals surface area (Å²) in [4.78, 5) is 2.41. The van der Waals surface area contributed by atoms with Crippen molar-refractivity contribution < 1.29 is 0 Å². The molecule has 55 heavy (non-hydrogen) atoms. The van der Waals surface area contributed by atoms with Gasteiger partial charge in [-0.3, -0.25) is 0 Å². The van der Waals surface area contributed by atoms with Gasteiger partial charge in [0.2, 0.25) is 0 Å². The maximum atomic E-state index is 2.43. The number of thiophene rings is 1. The summed E-state index contributed by atoms with van der Waals surface area (Å²) in [6.07, 6.45) is 0. The maximum Gasteiger partial charge on any atom is 0.0619 e. The molecule has 11 aromatic rings. The summed E-state index contributed by atoms with van der Waals surface area (Å²) in [5.74, 6) is 0. The molecule has 0 aliphatic rings. The van der Waals surface area contributed by atoms with Crippen molar-refractivity contribution in [2.75, 3.05) is 4.90 Å². The molecule has 2 aromatic heterocycles. The molecule has 0 fully saturated rings. The first-order chi connectivity index (χ1) is 27.3. The fraction of sp³-hybridized carbons (Fsp3) is 0. The van der Waals surface area contributed by atoms with Crippen molar-refractivity contribution in [1.82, 2.24) is 4.57 Å². The second-order valence-electron chi connectivity index (χ2n) is 14.1. The van der Waals surface area contributed by atoms with E-state index in [2.05, 4.69) is 216 Å². The molecule has 2 nitrogen and oxygen atoms in total. The second-order valence-corrected chi connectivity index (χ2v) is 15.2. The third-order valence-corrected chi connectivity index (χ3v) is 12.1. The molecule has 0 saturated carbocycles. The summed E-state index contributed by atoms with van der Waals surface area (Å²) in [5, 5.41) is 7.67. The predicted molar refractivity (Wildman–Crippen MR) is 237 cm³/mol. The highest BCUT2D eigenvalue weighted by atomic mass is 32.1. The molecule has 3 heteroatoms. The van der Waals surface area contributed by atoms with E-state index in [1.54, 1.807) is 0 Å². The van der Waals surface area contributed by atoms with E-state index < -0.39 is 0 Å². The van der Waals surface area contributed by atoms with Gasteiger partial charge in [0.25, 0.3) is 0 Å². The molecule has 0 aliphatic heterocycles. The van der Waals surface area contributed by atoms with Crippen LogP contribution < -0.4 is 4.90 Å². The zero-order valence-corrected chi connectivity index (χ0v) is 30.7. The van der Waals surface area contributed by atoms with E-state index in [1.165, 1.54) is 75.0 Å². The summed E-state index contributed by atoms with van der Waals surface area (Å²) in [7, 11) is 0. The topological polar surface area (TPSA) is 8.17 Å². The second kappa shape index (κ2) is 12.9. The Hall–Kier alpha value is -6.94. The van der Waals surface area contributed by atoms with Crippen molar-refractivity contribution in [3.63, 3.8) is 0 Å². The number of hydrogen-bond donors (Lipinski definition) is 0. The molecule has 0 spiro atoms. The molecule has 0 atom stereocenters. The molecular weight excluding hydrogens is 685 g/mol. The lowest BCUT2D eigenvalue weighted by atomic mass is 10.0. The normalized spacial score (nSPS) is 11.6. The number of hydrogen-bond acceptors (Lipinski definition) is 2. The molecule has 0 amide bonds. The highest BCUT2D eigenvalue weighted by Crippen LogP contribution is 2.44. The van der Waals surface area contributed by atoms with Gasteiger partial charge in [0.05, 0.1) is 16.7 Å². The Kier molecular flexibility index (Phi) is 7.39. The van der Waals surface area contributed by atoms with Gasteiger partial charge < -0.3 is 9.47 Å². The first kappa shape index (κ1) is 31.6. The summed E-state index contributed by atoms with van der Waals surface area (Å²) < 4.78 is 5.02. The van der Waals surface area contributed by atoms with E-state index >= 15 is 0 Å². The van der Waals surface area contributed by atoms with Gasteiger partial charge in [-0.15, -0.1) is 11.3 Å². The molecule has 0 unspecified atom stereocenters. The standard InChI is InChI=1S/C52H34N2S/c1-2-12-37(13-3-1)42-15-6-9-19-48(42)53(41-31-33-46-45-18-8-11-21-50(45)55-51(46)34-41)39-27-22-35(23-28-39)36-24-29-40(30-25-36)54-49-20-10-7-17-44(49)47-32-26-38-14-4-5-16-43(38)52(47)54/h1-34H. The molecular formula is C52H34N2S. The minimum atomic E-state index is 1.11. The zero-order chi connectivity index (χ0) is 36.3. The lowest BCUT2D eigenvalue weighted by Gasteiger charge is -2.28. The average Bonchev–Trinajstić information content (AvgIpc) is 3.80. The summed E-state index contributed by atoms with van der Waals surface area (Å²) >= 11 is 1.86. The minimum Gasteiger partial charge on any atom is -0.310 e. The van der Waals surface area contributed by atoms with E-state index in [0.717, 1.165) is 22.7 Å². The van der Waals surface area contributed by atoms with Gasteiger partial charge in [0.1, 0.15) is 0 Å². The molecule has 0 bridgehead atoms. The molecule has 258 valence electrons. The van der Waals surface area contributed by atoms with Crippen LogP contribution in [0.5, 0.6) is 0 Å². The minimum absolute atomic E-state index is 1.11. The van der Waals surface area contributed by atoms with Crippen LogP contribution in [0.15, 0.2) is 206 Å². The van der Waals surface area contributed by atoms with E-state index in [9.17, 15) is 0 Å². The molecule has 11 rings (SSSR count). The molecule has 9 aromatic carbocycles. The molecule has 0 N–H and O–H groups in total. The highest BCUT2D eigenvalue weighted by Gasteiger charge is 2.19. The highest BCUT2D eigenvalue weighted by molar-refractivity contribution is 7.25. The van der Waals surface area contributed by atoms with Crippen molar-refractivity contribution in [3.05, 3.63) is 206 Å². The van der Waals surface area contributed by atoms with Crippen LogP contribution in [0.1, 0.15) is 0 Å². The Labute approximate surface area is 323 Å². The van der Waals surface area contributed by atoms with Gasteiger partial charge in [-0.05, 0) is 76.7 Å². The van der Waals surface area contributed by atoms with Gasteiger partial charge in [0, 0.05) is 59.0 Å². The number of para-hydroxylation sites is 2. The Morgan fingerprint density at radius 2 is 1.00 bits per heavy atom. The van der Waals surface area contributed by atoms with Crippen LogP contribution in [0, 0.1) is 0 Å². The van der Waals surface area contributed by atoms with Gasteiger partial charge in [-0.1, -0.05) is 152 Å². The van der Waals surface area contributed by atoms with E-state index in [0.29, 0.717) is 0 Å². The van der Waals surface area contributed by atoms with Crippen LogP contribution in [0.25, 0.3) is 80.7 Å². The Morgan fingerprint density at radius 3 is 1.84 bits per heavy atom. The first-order valence-electron chi connectivity index (χ1n) is 18.8. The third kappa shape index (κ3) is 5.24. The van der Waals surface area contributed by atoms with Crippen LogP contribution in [0.4, 0.5) is 17.1 Å². The Bertz CT molecular complexity index is 3190. The Balaban J connectivity index is 1.01. The van der Waals surface area contributed by atoms with E-state index in [-0.39, 0.29) is 0 Å². The predicted octanol–water partition coefficient (Wildman–Crippen LogP) is 15.1. The monoisotopic (exact) mass is 718 g/mol. The van der Waals surface area contributed by atoms with Gasteiger partial charge in [0.15, 0.2) is 0 Å². The summed E-state index contributed by atoms with van der Waals surface area (Å²) in [6.45, 7) is 0. The smallest absolute Gasteiger partial charge is 0.0619 e. The summed E-state index contributed by atoms with van der Waals surface area (Å²) in [6, 6.07) is 75.1. The van der Waals surface area contributed by atoms with Crippen LogP contribution in [0.2, 0.25) is 0 Å². The molecule has 0 aliphatic carbocycles. The largest absolute Gasteiger partial charge is 0.310 e. The zero-order valence-electron chi connectivity index (χ0n) is 29.9. The number of benzene rings is 9. The summed E-state index contributed by atoms with van der Waals surface area (Å²) in [5.41, 5.74) is 11.8. The quantitative estimate of drug-likeness (QED) is 0.166. The lowest BCUT2D eigenvalue weighted by molar-refractivity contribution is 1.19. The molecule has 0 radical (unpaired) electrons. The third-order valence-electron chi connectivity index (χ3n) is 11.0. The van der Waals surface area contributed by atoms with Crippen molar-refractivity contribution in [2.24, 2.45) is 0 Å². The van der Waals surface area contributed by atoms with Crippen molar-refractivity contribution in [2.45, 2.75) is 0 Å². The number of fused-ring (bicyclic) bond motifs is 8. The van der Waals surface area contributed by atoms with Gasteiger partial charge >= 0.3 is 0 Å². The number of aromatic nitrogens is 1. The number of nitrogens with zero attached hydrogens (tertiary/aromatic N) is 2. The van der Waals surface area contributed by atoms with Crippen LogP contribution in [0.3, 0.4) is 0 Å².